The topological polar surface area (TPSA) is 105 Å². The van der Waals surface area contributed by atoms with Gasteiger partial charge in [0.1, 0.15) is 0 Å². The van der Waals surface area contributed by atoms with Crippen molar-refractivity contribution in [1.82, 2.24) is 4.98 Å². The highest BCUT2D eigenvalue weighted by Gasteiger charge is 2.18. The fourth-order valence-corrected chi connectivity index (χ4v) is 3.79. The second-order valence-electron chi connectivity index (χ2n) is 7.09. The number of nitro benzene ring substituents is 1. The Balaban J connectivity index is 1.67. The number of aromatic nitrogens is 1. The van der Waals surface area contributed by atoms with Crippen molar-refractivity contribution in [2.75, 3.05) is 5.32 Å². The zero-order chi connectivity index (χ0) is 19.8. The van der Waals surface area contributed by atoms with E-state index >= 15 is 0 Å². The van der Waals surface area contributed by atoms with Crippen LogP contribution in [0.2, 0.25) is 0 Å². The number of aromatic amines is 1. The van der Waals surface area contributed by atoms with E-state index in [4.69, 9.17) is 0 Å². The summed E-state index contributed by atoms with van der Waals surface area (Å²) in [5, 5.41) is 14.8. The lowest BCUT2D eigenvalue weighted by Gasteiger charge is -2.17. The Bertz CT molecular complexity index is 1180. The molecule has 2 N–H and O–H groups in total. The van der Waals surface area contributed by atoms with E-state index in [9.17, 15) is 19.7 Å². The number of nitro groups is 1. The number of hydrogen-bond acceptors (Lipinski definition) is 4. The molecule has 4 rings (SSSR count). The average molecular weight is 377 g/mol. The molecule has 0 bridgehead atoms. The van der Waals surface area contributed by atoms with E-state index in [0.29, 0.717) is 16.8 Å². The fourth-order valence-electron chi connectivity index (χ4n) is 3.79. The van der Waals surface area contributed by atoms with E-state index in [-0.39, 0.29) is 16.8 Å². The van der Waals surface area contributed by atoms with Crippen LogP contribution in [0.5, 0.6) is 0 Å². The Labute approximate surface area is 160 Å². The molecular weight excluding hydrogens is 358 g/mol. The van der Waals surface area contributed by atoms with Crippen LogP contribution in [0.3, 0.4) is 0 Å². The summed E-state index contributed by atoms with van der Waals surface area (Å²) in [6, 6.07) is 9.79. The molecule has 1 aliphatic carbocycles. The molecule has 0 saturated heterocycles. The van der Waals surface area contributed by atoms with Gasteiger partial charge in [0.05, 0.1) is 10.4 Å². The van der Waals surface area contributed by atoms with Gasteiger partial charge in [-0.25, -0.2) is 0 Å². The predicted molar refractivity (Wildman–Crippen MR) is 107 cm³/mol. The van der Waals surface area contributed by atoms with E-state index in [0.717, 1.165) is 42.2 Å². The van der Waals surface area contributed by atoms with Gasteiger partial charge in [0.15, 0.2) is 0 Å². The number of amides is 1. The molecule has 0 aliphatic heterocycles. The van der Waals surface area contributed by atoms with Gasteiger partial charge in [-0.2, -0.15) is 0 Å². The Morgan fingerprint density at radius 1 is 1.11 bits per heavy atom. The lowest BCUT2D eigenvalue weighted by Crippen LogP contribution is -2.19. The summed E-state index contributed by atoms with van der Waals surface area (Å²) in [4.78, 5) is 38.4. The van der Waals surface area contributed by atoms with Gasteiger partial charge in [-0.1, -0.05) is 12.1 Å². The van der Waals surface area contributed by atoms with E-state index in [1.54, 1.807) is 31.2 Å². The van der Waals surface area contributed by atoms with Crippen LogP contribution in [0.4, 0.5) is 11.4 Å². The Kier molecular flexibility index (Phi) is 4.43. The van der Waals surface area contributed by atoms with Crippen LogP contribution in [0, 0.1) is 17.0 Å². The molecule has 1 amide bonds. The molecule has 2 aromatic carbocycles. The summed E-state index contributed by atoms with van der Waals surface area (Å²) in [6.45, 7) is 1.63. The van der Waals surface area contributed by atoms with Crippen LogP contribution in [-0.2, 0) is 12.8 Å². The van der Waals surface area contributed by atoms with Gasteiger partial charge in [-0.15, -0.1) is 0 Å². The van der Waals surface area contributed by atoms with Crippen molar-refractivity contribution in [2.45, 2.75) is 32.6 Å². The third-order valence-electron chi connectivity index (χ3n) is 5.26. The molecule has 0 spiro atoms. The van der Waals surface area contributed by atoms with E-state index in [2.05, 4.69) is 10.3 Å². The highest BCUT2D eigenvalue weighted by atomic mass is 16.6. The summed E-state index contributed by atoms with van der Waals surface area (Å²) >= 11 is 0. The van der Waals surface area contributed by atoms with Crippen molar-refractivity contribution < 1.29 is 9.72 Å². The number of anilines is 1. The van der Waals surface area contributed by atoms with Crippen molar-refractivity contribution in [3.63, 3.8) is 0 Å². The molecule has 0 unspecified atom stereocenters. The van der Waals surface area contributed by atoms with Crippen LogP contribution < -0.4 is 10.9 Å². The van der Waals surface area contributed by atoms with Gasteiger partial charge in [0.25, 0.3) is 17.2 Å². The normalized spacial score (nSPS) is 13.2. The molecule has 7 heteroatoms. The first kappa shape index (κ1) is 17.9. The zero-order valence-corrected chi connectivity index (χ0v) is 15.4. The number of nitrogens with zero attached hydrogens (tertiary/aromatic N) is 1. The van der Waals surface area contributed by atoms with Gasteiger partial charge < -0.3 is 10.3 Å². The number of hydrogen-bond donors (Lipinski definition) is 2. The SMILES string of the molecule is Cc1ccc(C(=O)Nc2ccc3c4c(c(=O)[nH]c3c2)CCCC4)cc1[N+](=O)[O-]. The van der Waals surface area contributed by atoms with E-state index < -0.39 is 10.8 Å². The lowest BCUT2D eigenvalue weighted by molar-refractivity contribution is -0.385. The smallest absolute Gasteiger partial charge is 0.273 e. The molecule has 0 fully saturated rings. The monoisotopic (exact) mass is 377 g/mol. The molecule has 0 saturated carbocycles. The number of carbonyl (C=O) groups is 1. The molecule has 142 valence electrons. The van der Waals surface area contributed by atoms with Crippen LogP contribution in [0.15, 0.2) is 41.2 Å². The lowest BCUT2D eigenvalue weighted by atomic mass is 9.90. The molecule has 1 aliphatic rings. The maximum atomic E-state index is 12.5. The Morgan fingerprint density at radius 2 is 1.86 bits per heavy atom. The molecule has 28 heavy (non-hydrogen) atoms. The molecule has 1 heterocycles. The largest absolute Gasteiger partial charge is 0.322 e. The van der Waals surface area contributed by atoms with Crippen molar-refractivity contribution in [3.05, 3.63) is 79.1 Å². The number of benzene rings is 2. The average Bonchev–Trinajstić information content (AvgIpc) is 2.68. The zero-order valence-electron chi connectivity index (χ0n) is 15.4. The molecule has 0 atom stereocenters. The first-order valence-electron chi connectivity index (χ1n) is 9.18. The Hall–Kier alpha value is -3.48. The second kappa shape index (κ2) is 6.92. The summed E-state index contributed by atoms with van der Waals surface area (Å²) in [7, 11) is 0. The minimum absolute atomic E-state index is 0.0696. The number of nitrogens with one attached hydrogen (secondary N) is 2. The predicted octanol–water partition coefficient (Wildman–Crippen LogP) is 3.88. The van der Waals surface area contributed by atoms with E-state index in [1.165, 1.54) is 6.07 Å². The van der Waals surface area contributed by atoms with Crippen LogP contribution >= 0.6 is 0 Å². The molecule has 7 nitrogen and oxygen atoms in total. The van der Waals surface area contributed by atoms with E-state index in [1.807, 2.05) is 6.07 Å². The molecule has 3 aromatic rings. The van der Waals surface area contributed by atoms with Gasteiger partial charge in [-0.3, -0.25) is 19.7 Å². The van der Waals surface area contributed by atoms with Crippen molar-refractivity contribution in [1.29, 1.82) is 0 Å². The van der Waals surface area contributed by atoms with Crippen molar-refractivity contribution >= 4 is 28.2 Å². The third kappa shape index (κ3) is 3.15. The molecule has 1 aromatic heterocycles. The maximum Gasteiger partial charge on any atom is 0.273 e. The number of carbonyl (C=O) groups excluding carboxylic acids is 1. The van der Waals surface area contributed by atoms with Gasteiger partial charge >= 0.3 is 0 Å². The summed E-state index contributed by atoms with van der Waals surface area (Å²) < 4.78 is 0. The summed E-state index contributed by atoms with van der Waals surface area (Å²) in [6.07, 6.45) is 3.77. The van der Waals surface area contributed by atoms with Crippen molar-refractivity contribution in [3.8, 4) is 0 Å². The third-order valence-corrected chi connectivity index (χ3v) is 5.26. The van der Waals surface area contributed by atoms with Crippen molar-refractivity contribution in [2.24, 2.45) is 0 Å². The number of pyridine rings is 1. The molecule has 0 radical (unpaired) electrons. The first-order chi connectivity index (χ1) is 13.4. The first-order valence-corrected chi connectivity index (χ1v) is 9.18. The number of rotatable bonds is 3. The standard InChI is InChI=1S/C21H19N3O4/c1-12-6-7-13(10-19(12)24(27)28)20(25)22-14-8-9-16-15-4-2-3-5-17(15)21(26)23-18(16)11-14/h6-11H,2-5H2,1H3,(H,22,25)(H,23,26). The fraction of sp³-hybridized carbons (Fsp3) is 0.238. The maximum absolute atomic E-state index is 12.5. The van der Waals surface area contributed by atoms with Crippen LogP contribution in [0.25, 0.3) is 10.9 Å². The summed E-state index contributed by atoms with van der Waals surface area (Å²) in [5.41, 5.74) is 3.69. The highest BCUT2D eigenvalue weighted by molar-refractivity contribution is 6.05. The van der Waals surface area contributed by atoms with Gasteiger partial charge in [0.2, 0.25) is 0 Å². The van der Waals surface area contributed by atoms with Gasteiger partial charge in [0, 0.05) is 33.8 Å². The second-order valence-corrected chi connectivity index (χ2v) is 7.09. The van der Waals surface area contributed by atoms with Crippen LogP contribution in [-0.4, -0.2) is 15.8 Å². The minimum Gasteiger partial charge on any atom is -0.322 e. The highest BCUT2D eigenvalue weighted by Crippen LogP contribution is 2.27. The number of aryl methyl sites for hydroxylation is 2. The number of fused-ring (bicyclic) bond motifs is 3. The Morgan fingerprint density at radius 3 is 2.61 bits per heavy atom. The minimum atomic E-state index is -0.504. The summed E-state index contributed by atoms with van der Waals surface area (Å²) in [5.74, 6) is -0.442. The quantitative estimate of drug-likeness (QED) is 0.534. The number of H-pyrrole nitrogens is 1. The van der Waals surface area contributed by atoms with Gasteiger partial charge in [-0.05, 0) is 56.4 Å². The van der Waals surface area contributed by atoms with Crippen LogP contribution in [0.1, 0.15) is 39.9 Å². The molecular formula is C21H19N3O4.